The van der Waals surface area contributed by atoms with E-state index in [9.17, 15) is 4.79 Å². The van der Waals surface area contributed by atoms with Crippen LogP contribution in [0.3, 0.4) is 0 Å². The molecule has 4 heteroatoms. The van der Waals surface area contributed by atoms with Gasteiger partial charge in [0.1, 0.15) is 11.8 Å². The molecule has 0 spiro atoms. The van der Waals surface area contributed by atoms with Gasteiger partial charge in [-0.15, -0.1) is 0 Å². The number of nitrogens with two attached hydrogens (primary N) is 1. The number of benzene rings is 1. The summed E-state index contributed by atoms with van der Waals surface area (Å²) in [4.78, 5) is 10.5. The standard InChI is InChI=1S/C10H13NO3/c1-14-8-4-2-7(3-5-8)6-9(11)10(12)13/h2-5,9H,6,11H2,1H3,(H,12,13)/t9-/m0/s1/i1-1. The maximum atomic E-state index is 10.5. The summed E-state index contributed by atoms with van der Waals surface area (Å²) in [5, 5.41) is 8.59. The molecule has 0 fully saturated rings. The summed E-state index contributed by atoms with van der Waals surface area (Å²) in [6.07, 6.45) is 0.333. The second-order valence-electron chi connectivity index (χ2n) is 3.00. The number of rotatable bonds is 4. The van der Waals surface area contributed by atoms with Crippen molar-refractivity contribution < 1.29 is 14.6 Å². The van der Waals surface area contributed by atoms with Crippen molar-refractivity contribution in [3.63, 3.8) is 0 Å². The highest BCUT2D eigenvalue weighted by atomic mass is 16.4. The number of hydrogen-bond acceptors (Lipinski definition) is 3. The lowest BCUT2D eigenvalue weighted by Crippen LogP contribution is -2.32. The van der Waals surface area contributed by atoms with Gasteiger partial charge in [-0.05, 0) is 24.1 Å². The Bertz CT molecular complexity index is 308. The third-order valence-corrected chi connectivity index (χ3v) is 1.93. The van der Waals surface area contributed by atoms with Crippen LogP contribution >= 0.6 is 0 Å². The molecule has 1 atom stereocenters. The van der Waals surface area contributed by atoms with Crippen LogP contribution in [0.5, 0.6) is 5.75 Å². The van der Waals surface area contributed by atoms with Crippen LogP contribution in [0.1, 0.15) is 5.56 Å². The predicted molar refractivity (Wildman–Crippen MR) is 52.3 cm³/mol. The molecule has 1 aromatic rings. The minimum atomic E-state index is -0.985. The monoisotopic (exact) mass is 194 g/mol. The molecule has 3 N–H and O–H groups in total. The Morgan fingerprint density at radius 1 is 1.50 bits per heavy atom. The van der Waals surface area contributed by atoms with Crippen LogP contribution in [0.25, 0.3) is 0 Å². The summed E-state index contributed by atoms with van der Waals surface area (Å²) in [6, 6.07) is 6.33. The lowest BCUT2D eigenvalue weighted by Gasteiger charge is -2.06. The normalized spacial score (nSPS) is 12.1. The van der Waals surface area contributed by atoms with E-state index in [2.05, 4.69) is 0 Å². The van der Waals surface area contributed by atoms with Gasteiger partial charge in [0.15, 0.2) is 0 Å². The molecule has 0 unspecified atom stereocenters. The van der Waals surface area contributed by atoms with Gasteiger partial charge >= 0.3 is 5.97 Å². The maximum Gasteiger partial charge on any atom is 0.320 e. The van der Waals surface area contributed by atoms with Crippen LogP contribution in [0.15, 0.2) is 24.3 Å². The van der Waals surface area contributed by atoms with Gasteiger partial charge in [0, 0.05) is 0 Å². The highest BCUT2D eigenvalue weighted by molar-refractivity contribution is 5.73. The van der Waals surface area contributed by atoms with E-state index in [-0.39, 0.29) is 0 Å². The Balaban J connectivity index is 2.64. The van der Waals surface area contributed by atoms with Crippen LogP contribution in [-0.2, 0) is 11.2 Å². The second kappa shape index (κ2) is 4.62. The SMILES string of the molecule is [11CH3]Oc1ccc(C[C@H](N)C(=O)O)cc1. The molecule has 0 aliphatic heterocycles. The molecule has 0 aromatic heterocycles. The zero-order chi connectivity index (χ0) is 10.6. The highest BCUT2D eigenvalue weighted by Crippen LogP contribution is 2.12. The third-order valence-electron chi connectivity index (χ3n) is 1.93. The first-order valence-electron chi connectivity index (χ1n) is 4.25. The molecule has 1 rings (SSSR count). The zero-order valence-corrected chi connectivity index (χ0v) is 7.93. The second-order valence-corrected chi connectivity index (χ2v) is 3.00. The minimum absolute atomic E-state index is 0.333. The van der Waals surface area contributed by atoms with Crippen LogP contribution < -0.4 is 10.5 Å². The first kappa shape index (κ1) is 10.5. The number of ether oxygens (including phenoxy) is 1. The minimum Gasteiger partial charge on any atom is -0.497 e. The number of methoxy groups -OCH3 is 1. The molecule has 0 amide bonds. The van der Waals surface area contributed by atoms with Gasteiger partial charge < -0.3 is 15.6 Å². The number of carboxylic acids is 1. The highest BCUT2D eigenvalue weighted by Gasteiger charge is 2.11. The van der Waals surface area contributed by atoms with Crippen LogP contribution in [-0.4, -0.2) is 24.2 Å². The number of carboxylic acid groups (broad SMARTS) is 1. The molecule has 0 aliphatic rings. The molecule has 76 valence electrons. The summed E-state index contributed by atoms with van der Waals surface area (Å²) in [5.41, 5.74) is 6.28. The fourth-order valence-electron chi connectivity index (χ4n) is 1.10. The van der Waals surface area contributed by atoms with Crippen molar-refractivity contribution in [3.05, 3.63) is 29.8 Å². The van der Waals surface area contributed by atoms with Gasteiger partial charge in [0.25, 0.3) is 0 Å². The average molecular weight is 194 g/mol. The van der Waals surface area contributed by atoms with Gasteiger partial charge in [-0.25, -0.2) is 0 Å². The zero-order valence-electron chi connectivity index (χ0n) is 7.93. The van der Waals surface area contributed by atoms with Crippen molar-refractivity contribution in [3.8, 4) is 5.75 Å². The molecule has 0 aliphatic carbocycles. The lowest BCUT2D eigenvalue weighted by molar-refractivity contribution is -0.138. The molecule has 0 heterocycles. The molecular weight excluding hydrogens is 181 g/mol. The first-order valence-corrected chi connectivity index (χ1v) is 4.25. The predicted octanol–water partition coefficient (Wildman–Crippen LogP) is 0.650. The van der Waals surface area contributed by atoms with Crippen molar-refractivity contribution in [2.45, 2.75) is 12.5 Å². The molecule has 4 nitrogen and oxygen atoms in total. The van der Waals surface area contributed by atoms with E-state index < -0.39 is 12.0 Å². The summed E-state index contributed by atoms with van der Waals surface area (Å²) in [5.74, 6) is -0.238. The summed E-state index contributed by atoms with van der Waals surface area (Å²) in [7, 11) is 1.58. The lowest BCUT2D eigenvalue weighted by atomic mass is 10.1. The largest absolute Gasteiger partial charge is 0.497 e. The summed E-state index contributed by atoms with van der Waals surface area (Å²) >= 11 is 0. The Morgan fingerprint density at radius 2 is 2.07 bits per heavy atom. The third kappa shape index (κ3) is 2.74. The maximum absolute atomic E-state index is 10.5. The van der Waals surface area contributed by atoms with Crippen molar-refractivity contribution in [2.24, 2.45) is 5.73 Å². The molecular formula is C10H13NO3. The summed E-state index contributed by atoms with van der Waals surface area (Å²) in [6.45, 7) is 0. The van der Waals surface area contributed by atoms with Crippen LogP contribution in [0.2, 0.25) is 0 Å². The molecule has 0 radical (unpaired) electrons. The van der Waals surface area contributed by atoms with E-state index in [1.165, 1.54) is 0 Å². The molecule has 14 heavy (non-hydrogen) atoms. The fraction of sp³-hybridized carbons (Fsp3) is 0.300. The number of aliphatic carboxylic acids is 1. The molecule has 1 aromatic carbocycles. The summed E-state index contributed by atoms with van der Waals surface area (Å²) < 4.78 is 4.97. The number of carbonyl (C=O) groups is 1. The van der Waals surface area contributed by atoms with E-state index in [1.54, 1.807) is 19.2 Å². The van der Waals surface area contributed by atoms with Gasteiger partial charge in [-0.2, -0.15) is 0 Å². The van der Waals surface area contributed by atoms with Crippen molar-refractivity contribution in [2.75, 3.05) is 7.11 Å². The molecule has 0 saturated heterocycles. The van der Waals surface area contributed by atoms with Gasteiger partial charge in [-0.3, -0.25) is 4.79 Å². The average Bonchev–Trinajstić information content (AvgIpc) is 2.19. The van der Waals surface area contributed by atoms with Gasteiger partial charge in [-0.1, -0.05) is 12.1 Å². The molecule has 0 saturated carbocycles. The van der Waals surface area contributed by atoms with E-state index in [4.69, 9.17) is 15.6 Å². The van der Waals surface area contributed by atoms with E-state index in [0.29, 0.717) is 6.42 Å². The Labute approximate surface area is 82.3 Å². The molecule has 0 bridgehead atoms. The topological polar surface area (TPSA) is 72.5 Å². The van der Waals surface area contributed by atoms with Crippen molar-refractivity contribution in [1.29, 1.82) is 0 Å². The van der Waals surface area contributed by atoms with E-state index >= 15 is 0 Å². The Kier molecular flexibility index (Phi) is 3.48. The Morgan fingerprint density at radius 3 is 2.50 bits per heavy atom. The first-order chi connectivity index (χ1) is 6.63. The van der Waals surface area contributed by atoms with E-state index in [0.717, 1.165) is 11.3 Å². The fourth-order valence-corrected chi connectivity index (χ4v) is 1.10. The van der Waals surface area contributed by atoms with Gasteiger partial charge in [0.2, 0.25) is 0 Å². The quantitative estimate of drug-likeness (QED) is 0.738. The van der Waals surface area contributed by atoms with Gasteiger partial charge in [0.05, 0.1) is 7.11 Å². The van der Waals surface area contributed by atoms with Crippen molar-refractivity contribution >= 4 is 5.97 Å². The smallest absolute Gasteiger partial charge is 0.320 e. The number of hydrogen-bond donors (Lipinski definition) is 2. The Hall–Kier alpha value is -1.55. The van der Waals surface area contributed by atoms with Crippen LogP contribution in [0, 0.1) is 0 Å². The van der Waals surface area contributed by atoms with Crippen molar-refractivity contribution in [1.82, 2.24) is 0 Å². The van der Waals surface area contributed by atoms with Crippen LogP contribution in [0.4, 0.5) is 0 Å². The van der Waals surface area contributed by atoms with E-state index in [1.807, 2.05) is 12.1 Å².